The Balaban J connectivity index is 2.80. The van der Waals surface area contributed by atoms with E-state index >= 15 is 0 Å². The molecular formula is C10H12O6. The van der Waals surface area contributed by atoms with Crippen LogP contribution in [0, 0.1) is 0 Å². The van der Waals surface area contributed by atoms with Gasteiger partial charge >= 0.3 is 11.9 Å². The highest BCUT2D eigenvalue weighted by atomic mass is 16.5. The second-order valence-corrected chi connectivity index (χ2v) is 3.01. The lowest BCUT2D eigenvalue weighted by molar-refractivity contribution is -0.147. The standard InChI is InChI=1S/C10H12O6/c1-2-15-4-3-6-5-7(9(11)12)16-8(6)10(13)14/h3,5,8H,2,4H2,1H3,(H,11,12)(H,13,14). The van der Waals surface area contributed by atoms with Crippen LogP contribution in [0.3, 0.4) is 0 Å². The van der Waals surface area contributed by atoms with E-state index in [0.717, 1.165) is 0 Å². The van der Waals surface area contributed by atoms with Gasteiger partial charge in [-0.3, -0.25) is 0 Å². The number of ether oxygens (including phenoxy) is 2. The van der Waals surface area contributed by atoms with Crippen molar-refractivity contribution in [2.24, 2.45) is 0 Å². The number of carbonyl (C=O) groups is 2. The van der Waals surface area contributed by atoms with Gasteiger partial charge in [0.25, 0.3) is 0 Å². The minimum atomic E-state index is -1.29. The summed E-state index contributed by atoms with van der Waals surface area (Å²) in [6.45, 7) is 2.52. The fourth-order valence-electron chi connectivity index (χ4n) is 1.20. The molecule has 88 valence electrons. The van der Waals surface area contributed by atoms with Gasteiger partial charge < -0.3 is 19.7 Å². The average Bonchev–Trinajstić information content (AvgIpc) is 2.62. The lowest BCUT2D eigenvalue weighted by Gasteiger charge is -2.07. The summed E-state index contributed by atoms with van der Waals surface area (Å²) < 4.78 is 9.78. The third kappa shape index (κ3) is 2.83. The average molecular weight is 228 g/mol. The Labute approximate surface area is 91.8 Å². The van der Waals surface area contributed by atoms with E-state index in [1.54, 1.807) is 6.92 Å². The first-order chi connectivity index (χ1) is 7.56. The van der Waals surface area contributed by atoms with Crippen LogP contribution in [0.2, 0.25) is 0 Å². The number of carboxylic acids is 2. The lowest BCUT2D eigenvalue weighted by atomic mass is 10.1. The monoisotopic (exact) mass is 228 g/mol. The van der Waals surface area contributed by atoms with Crippen LogP contribution in [0.4, 0.5) is 0 Å². The highest BCUT2D eigenvalue weighted by molar-refractivity contribution is 5.89. The van der Waals surface area contributed by atoms with E-state index in [4.69, 9.17) is 19.7 Å². The van der Waals surface area contributed by atoms with Crippen molar-refractivity contribution in [1.82, 2.24) is 0 Å². The maximum atomic E-state index is 10.8. The predicted octanol–water partition coefficient (Wildman–Crippen LogP) is 0.401. The first kappa shape index (κ1) is 12.3. The second kappa shape index (κ2) is 5.32. The van der Waals surface area contributed by atoms with E-state index in [1.165, 1.54) is 12.2 Å². The molecule has 0 amide bonds. The minimum absolute atomic E-state index is 0.225. The van der Waals surface area contributed by atoms with Crippen LogP contribution in [0.25, 0.3) is 0 Å². The molecule has 1 rings (SSSR count). The highest BCUT2D eigenvalue weighted by Crippen LogP contribution is 2.23. The fraction of sp³-hybridized carbons (Fsp3) is 0.400. The molecule has 0 saturated heterocycles. The van der Waals surface area contributed by atoms with Crippen LogP contribution in [0.15, 0.2) is 23.5 Å². The fourth-order valence-corrected chi connectivity index (χ4v) is 1.20. The minimum Gasteiger partial charge on any atom is -0.478 e. The Bertz CT molecular complexity index is 354. The Morgan fingerprint density at radius 3 is 2.75 bits per heavy atom. The van der Waals surface area contributed by atoms with Crippen molar-refractivity contribution in [2.45, 2.75) is 13.0 Å². The van der Waals surface area contributed by atoms with Crippen LogP contribution in [-0.2, 0) is 19.1 Å². The van der Waals surface area contributed by atoms with Crippen LogP contribution < -0.4 is 0 Å². The molecule has 0 aromatic rings. The Morgan fingerprint density at radius 1 is 1.56 bits per heavy atom. The van der Waals surface area contributed by atoms with Crippen molar-refractivity contribution in [3.8, 4) is 0 Å². The SMILES string of the molecule is CCOCC=C1C=C(C(=O)O)OC1C(=O)O. The largest absolute Gasteiger partial charge is 0.478 e. The lowest BCUT2D eigenvalue weighted by Crippen LogP contribution is -2.22. The van der Waals surface area contributed by atoms with E-state index in [1.807, 2.05) is 0 Å². The molecule has 0 aliphatic carbocycles. The molecule has 0 spiro atoms. The molecule has 0 bridgehead atoms. The quantitative estimate of drug-likeness (QED) is 0.661. The topological polar surface area (TPSA) is 93.1 Å². The van der Waals surface area contributed by atoms with Crippen LogP contribution >= 0.6 is 0 Å². The van der Waals surface area contributed by atoms with Gasteiger partial charge in [0.15, 0.2) is 0 Å². The summed E-state index contributed by atoms with van der Waals surface area (Å²) in [5, 5.41) is 17.5. The van der Waals surface area contributed by atoms with Gasteiger partial charge in [0, 0.05) is 12.2 Å². The van der Waals surface area contributed by atoms with Gasteiger partial charge in [0.2, 0.25) is 11.9 Å². The molecule has 1 atom stereocenters. The Morgan fingerprint density at radius 2 is 2.25 bits per heavy atom. The molecule has 0 aromatic heterocycles. The van der Waals surface area contributed by atoms with Crippen molar-refractivity contribution in [3.05, 3.63) is 23.5 Å². The molecule has 0 aromatic carbocycles. The summed E-state index contributed by atoms with van der Waals surface area (Å²) in [6.07, 6.45) is 1.44. The van der Waals surface area contributed by atoms with Crippen molar-refractivity contribution in [3.63, 3.8) is 0 Å². The van der Waals surface area contributed by atoms with Gasteiger partial charge in [-0.25, -0.2) is 9.59 Å². The molecule has 1 aliphatic heterocycles. The van der Waals surface area contributed by atoms with E-state index in [9.17, 15) is 9.59 Å². The van der Waals surface area contributed by atoms with E-state index in [0.29, 0.717) is 12.2 Å². The van der Waals surface area contributed by atoms with E-state index in [-0.39, 0.29) is 12.4 Å². The normalized spacial score (nSPS) is 21.7. The van der Waals surface area contributed by atoms with Crippen molar-refractivity contribution < 1.29 is 29.3 Å². The Kier molecular flexibility index (Phi) is 4.07. The predicted molar refractivity (Wildman–Crippen MR) is 52.8 cm³/mol. The number of carboxylic acid groups (broad SMARTS) is 2. The summed E-state index contributed by atoms with van der Waals surface area (Å²) in [4.78, 5) is 21.4. The zero-order chi connectivity index (χ0) is 12.1. The molecule has 0 fully saturated rings. The molecule has 0 saturated carbocycles. The van der Waals surface area contributed by atoms with Gasteiger partial charge in [-0.2, -0.15) is 0 Å². The van der Waals surface area contributed by atoms with Gasteiger partial charge in [0.05, 0.1) is 6.61 Å². The van der Waals surface area contributed by atoms with Gasteiger partial charge in [-0.05, 0) is 13.0 Å². The summed E-state index contributed by atoms with van der Waals surface area (Å²) >= 11 is 0. The number of hydrogen-bond donors (Lipinski definition) is 2. The van der Waals surface area contributed by atoms with E-state index in [2.05, 4.69) is 0 Å². The van der Waals surface area contributed by atoms with Crippen molar-refractivity contribution in [2.75, 3.05) is 13.2 Å². The van der Waals surface area contributed by atoms with Gasteiger partial charge in [0.1, 0.15) is 0 Å². The third-order valence-electron chi connectivity index (χ3n) is 1.92. The third-order valence-corrected chi connectivity index (χ3v) is 1.92. The maximum Gasteiger partial charge on any atom is 0.371 e. The molecule has 1 aliphatic rings. The van der Waals surface area contributed by atoms with Crippen molar-refractivity contribution >= 4 is 11.9 Å². The zero-order valence-electron chi connectivity index (χ0n) is 8.67. The number of aliphatic carboxylic acids is 2. The molecule has 0 radical (unpaired) electrons. The summed E-state index contributed by atoms with van der Waals surface area (Å²) in [7, 11) is 0. The van der Waals surface area contributed by atoms with Crippen LogP contribution in [0.5, 0.6) is 0 Å². The molecule has 1 unspecified atom stereocenters. The summed E-state index contributed by atoms with van der Waals surface area (Å²) in [5.41, 5.74) is 0.290. The van der Waals surface area contributed by atoms with Gasteiger partial charge in [-0.15, -0.1) is 0 Å². The molecule has 2 N–H and O–H groups in total. The molecular weight excluding hydrogens is 216 g/mol. The maximum absolute atomic E-state index is 10.8. The molecule has 6 heteroatoms. The smallest absolute Gasteiger partial charge is 0.371 e. The number of rotatable bonds is 5. The van der Waals surface area contributed by atoms with Crippen molar-refractivity contribution in [1.29, 1.82) is 0 Å². The first-order valence-electron chi connectivity index (χ1n) is 4.68. The van der Waals surface area contributed by atoms with E-state index < -0.39 is 18.0 Å². The zero-order valence-corrected chi connectivity index (χ0v) is 8.67. The molecule has 16 heavy (non-hydrogen) atoms. The Hall–Kier alpha value is -1.82. The highest BCUT2D eigenvalue weighted by Gasteiger charge is 2.32. The van der Waals surface area contributed by atoms with Crippen LogP contribution in [-0.4, -0.2) is 41.5 Å². The first-order valence-corrected chi connectivity index (χ1v) is 4.68. The second-order valence-electron chi connectivity index (χ2n) is 3.01. The molecule has 1 heterocycles. The molecule has 6 nitrogen and oxygen atoms in total. The summed E-state index contributed by atoms with van der Waals surface area (Å²) in [5.74, 6) is -2.88. The number of hydrogen-bond acceptors (Lipinski definition) is 4. The summed E-state index contributed by atoms with van der Waals surface area (Å²) in [6, 6.07) is 0. The van der Waals surface area contributed by atoms with Gasteiger partial charge in [-0.1, -0.05) is 6.08 Å². The van der Waals surface area contributed by atoms with Crippen LogP contribution in [0.1, 0.15) is 6.92 Å².